The molecule has 0 saturated heterocycles. The molecule has 104 valence electrons. The van der Waals surface area contributed by atoms with Crippen molar-refractivity contribution in [3.05, 3.63) is 52.1 Å². The Hall–Kier alpha value is -2.08. The molecule has 2 aromatic rings. The van der Waals surface area contributed by atoms with Crippen molar-refractivity contribution in [1.82, 2.24) is 4.98 Å². The van der Waals surface area contributed by atoms with Crippen LogP contribution >= 0.6 is 15.9 Å². The molecule has 5 nitrogen and oxygen atoms in total. The number of nitrogen functional groups attached to an aromatic ring is 1. The lowest BCUT2D eigenvalue weighted by atomic mass is 10.2. The molecule has 0 aliphatic rings. The number of nitrogens with two attached hydrogens (primary N) is 1. The molecule has 0 unspecified atom stereocenters. The number of pyridine rings is 1. The zero-order valence-corrected chi connectivity index (χ0v) is 12.4. The van der Waals surface area contributed by atoms with Crippen molar-refractivity contribution in [3.8, 4) is 5.88 Å². The summed E-state index contributed by atoms with van der Waals surface area (Å²) in [4.78, 5) is 16.1. The second-order valence-corrected chi connectivity index (χ2v) is 4.94. The SMILES string of the molecule is COc1cccc(COC(=O)c2cc(N)cc(Br)c2)n1. The van der Waals surface area contributed by atoms with E-state index in [0.717, 1.165) is 4.47 Å². The van der Waals surface area contributed by atoms with E-state index in [4.69, 9.17) is 15.2 Å². The number of carbonyl (C=O) groups excluding carboxylic acids is 1. The van der Waals surface area contributed by atoms with Crippen molar-refractivity contribution >= 4 is 27.6 Å². The van der Waals surface area contributed by atoms with Crippen LogP contribution in [0.3, 0.4) is 0 Å². The van der Waals surface area contributed by atoms with Gasteiger partial charge in [-0.05, 0) is 24.3 Å². The summed E-state index contributed by atoms with van der Waals surface area (Å²) in [6.45, 7) is 0.0719. The summed E-state index contributed by atoms with van der Waals surface area (Å²) in [7, 11) is 1.53. The Morgan fingerprint density at radius 2 is 2.15 bits per heavy atom. The molecule has 20 heavy (non-hydrogen) atoms. The summed E-state index contributed by atoms with van der Waals surface area (Å²) in [6, 6.07) is 10.2. The summed E-state index contributed by atoms with van der Waals surface area (Å²) < 4.78 is 10.9. The van der Waals surface area contributed by atoms with E-state index >= 15 is 0 Å². The van der Waals surface area contributed by atoms with Gasteiger partial charge in [-0.3, -0.25) is 0 Å². The molecule has 1 aromatic heterocycles. The number of halogens is 1. The number of aromatic nitrogens is 1. The zero-order chi connectivity index (χ0) is 14.5. The molecular weight excluding hydrogens is 324 g/mol. The van der Waals surface area contributed by atoms with E-state index in [1.54, 1.807) is 36.4 Å². The Bertz CT molecular complexity index is 611. The number of esters is 1. The predicted molar refractivity (Wildman–Crippen MR) is 78.5 cm³/mol. The van der Waals surface area contributed by atoms with Crippen molar-refractivity contribution in [2.24, 2.45) is 0 Å². The molecule has 2 rings (SSSR count). The van der Waals surface area contributed by atoms with Gasteiger partial charge in [0.15, 0.2) is 0 Å². The number of ether oxygens (including phenoxy) is 2. The summed E-state index contributed by atoms with van der Waals surface area (Å²) in [6.07, 6.45) is 0. The third-order valence-corrected chi connectivity index (χ3v) is 2.96. The topological polar surface area (TPSA) is 74.4 Å². The summed E-state index contributed by atoms with van der Waals surface area (Å²) in [5.74, 6) is 0.0212. The number of nitrogens with zero attached hydrogens (tertiary/aromatic N) is 1. The zero-order valence-electron chi connectivity index (χ0n) is 10.8. The molecule has 0 atom stereocenters. The molecule has 0 fully saturated rings. The minimum absolute atomic E-state index is 0.0719. The lowest BCUT2D eigenvalue weighted by Crippen LogP contribution is -2.07. The second-order valence-electron chi connectivity index (χ2n) is 4.02. The quantitative estimate of drug-likeness (QED) is 0.686. The van der Waals surface area contributed by atoms with Crippen LogP contribution in [0, 0.1) is 0 Å². The van der Waals surface area contributed by atoms with Gasteiger partial charge >= 0.3 is 5.97 Å². The number of benzene rings is 1. The van der Waals surface area contributed by atoms with Crippen LogP contribution < -0.4 is 10.5 Å². The molecule has 0 radical (unpaired) electrons. The fraction of sp³-hybridized carbons (Fsp3) is 0.143. The molecule has 0 bridgehead atoms. The Labute approximate surface area is 124 Å². The standard InChI is InChI=1S/C14H13BrN2O3/c1-19-13-4-2-3-12(17-13)8-20-14(18)9-5-10(15)7-11(16)6-9/h2-7H,8,16H2,1H3. The van der Waals surface area contributed by atoms with Crippen LogP contribution in [0.2, 0.25) is 0 Å². The van der Waals surface area contributed by atoms with Gasteiger partial charge in [-0.25, -0.2) is 9.78 Å². The van der Waals surface area contributed by atoms with Crippen LogP contribution in [-0.4, -0.2) is 18.1 Å². The highest BCUT2D eigenvalue weighted by Crippen LogP contribution is 2.18. The lowest BCUT2D eigenvalue weighted by Gasteiger charge is -2.06. The predicted octanol–water partition coefficient (Wildman–Crippen LogP) is 2.79. The Kier molecular flexibility index (Phi) is 4.57. The van der Waals surface area contributed by atoms with Gasteiger partial charge in [-0.15, -0.1) is 0 Å². The molecule has 0 aliphatic carbocycles. The van der Waals surface area contributed by atoms with E-state index in [1.807, 2.05) is 0 Å². The van der Waals surface area contributed by atoms with Crippen molar-refractivity contribution in [2.45, 2.75) is 6.61 Å². The number of anilines is 1. The van der Waals surface area contributed by atoms with E-state index in [1.165, 1.54) is 7.11 Å². The Morgan fingerprint density at radius 3 is 2.85 bits per heavy atom. The molecule has 0 saturated carbocycles. The first-order valence-electron chi connectivity index (χ1n) is 5.81. The van der Waals surface area contributed by atoms with Crippen LogP contribution in [0.5, 0.6) is 5.88 Å². The van der Waals surface area contributed by atoms with Gasteiger partial charge in [0.05, 0.1) is 18.4 Å². The largest absolute Gasteiger partial charge is 0.481 e. The van der Waals surface area contributed by atoms with E-state index < -0.39 is 5.97 Å². The maximum Gasteiger partial charge on any atom is 0.338 e. The van der Waals surface area contributed by atoms with Crippen LogP contribution in [0.1, 0.15) is 16.1 Å². The van der Waals surface area contributed by atoms with E-state index in [-0.39, 0.29) is 6.61 Å². The number of rotatable bonds is 4. The molecule has 0 aliphatic heterocycles. The average Bonchev–Trinajstić information content (AvgIpc) is 2.44. The number of carbonyl (C=O) groups is 1. The third kappa shape index (κ3) is 3.71. The lowest BCUT2D eigenvalue weighted by molar-refractivity contribution is 0.0467. The van der Waals surface area contributed by atoms with Crippen LogP contribution in [0.25, 0.3) is 0 Å². The number of hydrogen-bond acceptors (Lipinski definition) is 5. The first kappa shape index (κ1) is 14.3. The maximum atomic E-state index is 11.9. The molecule has 1 aromatic carbocycles. The van der Waals surface area contributed by atoms with E-state index in [0.29, 0.717) is 22.8 Å². The highest BCUT2D eigenvalue weighted by molar-refractivity contribution is 9.10. The first-order chi connectivity index (χ1) is 9.58. The molecule has 0 spiro atoms. The maximum absolute atomic E-state index is 11.9. The van der Waals surface area contributed by atoms with Gasteiger partial charge < -0.3 is 15.2 Å². The van der Waals surface area contributed by atoms with Crippen LogP contribution in [0.4, 0.5) is 5.69 Å². The normalized spacial score (nSPS) is 10.1. The van der Waals surface area contributed by atoms with Crippen LogP contribution in [-0.2, 0) is 11.3 Å². The van der Waals surface area contributed by atoms with Gasteiger partial charge in [0, 0.05) is 16.2 Å². The number of methoxy groups -OCH3 is 1. The highest BCUT2D eigenvalue weighted by Gasteiger charge is 2.10. The number of hydrogen-bond donors (Lipinski definition) is 1. The van der Waals surface area contributed by atoms with Gasteiger partial charge in [0.25, 0.3) is 0 Å². The van der Waals surface area contributed by atoms with Crippen molar-refractivity contribution in [1.29, 1.82) is 0 Å². The van der Waals surface area contributed by atoms with Crippen LogP contribution in [0.15, 0.2) is 40.9 Å². The summed E-state index contributed by atoms with van der Waals surface area (Å²) in [5, 5.41) is 0. The smallest absolute Gasteiger partial charge is 0.338 e. The van der Waals surface area contributed by atoms with Gasteiger partial charge in [-0.1, -0.05) is 22.0 Å². The summed E-state index contributed by atoms with van der Waals surface area (Å²) in [5.41, 5.74) is 7.17. The van der Waals surface area contributed by atoms with Gasteiger partial charge in [-0.2, -0.15) is 0 Å². The van der Waals surface area contributed by atoms with Crippen molar-refractivity contribution in [2.75, 3.05) is 12.8 Å². The molecular formula is C14H13BrN2O3. The first-order valence-corrected chi connectivity index (χ1v) is 6.61. The third-order valence-electron chi connectivity index (χ3n) is 2.50. The molecule has 2 N–H and O–H groups in total. The van der Waals surface area contributed by atoms with E-state index in [2.05, 4.69) is 20.9 Å². The Morgan fingerprint density at radius 1 is 1.35 bits per heavy atom. The monoisotopic (exact) mass is 336 g/mol. The molecule has 1 heterocycles. The van der Waals surface area contributed by atoms with Gasteiger partial charge in [0.2, 0.25) is 5.88 Å². The molecule has 0 amide bonds. The minimum Gasteiger partial charge on any atom is -0.481 e. The van der Waals surface area contributed by atoms with Crippen molar-refractivity contribution < 1.29 is 14.3 Å². The molecule has 6 heteroatoms. The fourth-order valence-corrected chi connectivity index (χ4v) is 2.12. The summed E-state index contributed by atoms with van der Waals surface area (Å²) >= 11 is 3.28. The van der Waals surface area contributed by atoms with Crippen molar-refractivity contribution in [3.63, 3.8) is 0 Å². The highest BCUT2D eigenvalue weighted by atomic mass is 79.9. The minimum atomic E-state index is -0.456. The fourth-order valence-electron chi connectivity index (χ4n) is 1.60. The van der Waals surface area contributed by atoms with Gasteiger partial charge in [0.1, 0.15) is 6.61 Å². The second kappa shape index (κ2) is 6.38. The average molecular weight is 337 g/mol. The van der Waals surface area contributed by atoms with E-state index in [9.17, 15) is 4.79 Å². The Balaban J connectivity index is 2.04.